The van der Waals surface area contributed by atoms with E-state index >= 15 is 0 Å². The van der Waals surface area contributed by atoms with E-state index in [0.717, 1.165) is 5.56 Å². The largest absolute Gasteiger partial charge is 0.508 e. The Morgan fingerprint density at radius 2 is 1.67 bits per heavy atom. The minimum Gasteiger partial charge on any atom is -0.508 e. The fraction of sp³-hybridized carbons (Fsp3) is 0.381. The Bertz CT molecular complexity index is 721. The normalized spacial score (nSPS) is 12.3. The Hall–Kier alpha value is -2.73. The first-order valence-corrected chi connectivity index (χ1v) is 8.95. The second kappa shape index (κ2) is 9.28. The molecule has 6 heteroatoms. The van der Waals surface area contributed by atoms with E-state index in [4.69, 9.17) is 4.74 Å². The van der Waals surface area contributed by atoms with Crippen molar-refractivity contribution in [1.29, 1.82) is 0 Å². The van der Waals surface area contributed by atoms with Crippen molar-refractivity contribution in [3.8, 4) is 11.5 Å². The van der Waals surface area contributed by atoms with Crippen molar-refractivity contribution in [2.75, 3.05) is 13.2 Å². The summed E-state index contributed by atoms with van der Waals surface area (Å²) in [6, 6.07) is 14.0. The topological polar surface area (TPSA) is 90.8 Å². The van der Waals surface area contributed by atoms with E-state index in [2.05, 4.69) is 31.4 Å². The molecule has 2 aromatic rings. The number of aromatic hydroxyl groups is 1. The summed E-state index contributed by atoms with van der Waals surface area (Å²) in [6.07, 6.45) is -0.813. The maximum atomic E-state index is 11.8. The fourth-order valence-electron chi connectivity index (χ4n) is 2.37. The lowest BCUT2D eigenvalue weighted by molar-refractivity contribution is 0.108. The SMILES string of the molecule is CC(C)(C)c1ccc(OC[C@H](O)CNC(=O)NCc2ccc(O)cc2)cc1. The number of hydrogen-bond acceptors (Lipinski definition) is 4. The maximum Gasteiger partial charge on any atom is 0.315 e. The molecule has 146 valence electrons. The summed E-state index contributed by atoms with van der Waals surface area (Å²) in [5.41, 5.74) is 2.16. The minimum absolute atomic E-state index is 0.0788. The molecule has 27 heavy (non-hydrogen) atoms. The highest BCUT2D eigenvalue weighted by atomic mass is 16.5. The Balaban J connectivity index is 1.67. The van der Waals surface area contributed by atoms with Crippen molar-refractivity contribution in [3.63, 3.8) is 0 Å². The predicted octanol–water partition coefficient (Wildman–Crippen LogP) is 2.93. The highest BCUT2D eigenvalue weighted by Crippen LogP contribution is 2.24. The first-order chi connectivity index (χ1) is 12.7. The quantitative estimate of drug-likeness (QED) is 0.601. The van der Waals surface area contributed by atoms with Gasteiger partial charge in [-0.1, -0.05) is 45.0 Å². The molecular weight excluding hydrogens is 344 g/mol. The molecule has 0 fully saturated rings. The second-order valence-corrected chi connectivity index (χ2v) is 7.47. The number of aliphatic hydroxyl groups excluding tert-OH is 1. The van der Waals surface area contributed by atoms with E-state index in [9.17, 15) is 15.0 Å². The highest BCUT2D eigenvalue weighted by molar-refractivity contribution is 5.73. The summed E-state index contributed by atoms with van der Waals surface area (Å²) in [4.78, 5) is 11.8. The summed E-state index contributed by atoms with van der Waals surface area (Å²) in [5.74, 6) is 0.859. The molecule has 0 saturated heterocycles. The van der Waals surface area contributed by atoms with Crippen LogP contribution in [0.2, 0.25) is 0 Å². The molecule has 4 N–H and O–H groups in total. The predicted molar refractivity (Wildman–Crippen MR) is 105 cm³/mol. The summed E-state index contributed by atoms with van der Waals surface area (Å²) >= 11 is 0. The van der Waals surface area contributed by atoms with E-state index in [0.29, 0.717) is 12.3 Å². The lowest BCUT2D eigenvalue weighted by Crippen LogP contribution is -2.41. The number of carbonyl (C=O) groups is 1. The number of urea groups is 1. The monoisotopic (exact) mass is 372 g/mol. The molecule has 0 bridgehead atoms. The molecule has 2 amide bonds. The lowest BCUT2D eigenvalue weighted by Gasteiger charge is -2.19. The summed E-state index contributed by atoms with van der Waals surface area (Å²) in [5, 5.41) is 24.5. The Morgan fingerprint density at radius 1 is 1.04 bits per heavy atom. The zero-order valence-corrected chi connectivity index (χ0v) is 16.0. The number of nitrogens with one attached hydrogen (secondary N) is 2. The van der Waals surface area contributed by atoms with Crippen molar-refractivity contribution in [2.24, 2.45) is 0 Å². The highest BCUT2D eigenvalue weighted by Gasteiger charge is 2.13. The third-order valence-corrected chi connectivity index (χ3v) is 4.05. The van der Waals surface area contributed by atoms with Gasteiger partial charge in [-0.3, -0.25) is 0 Å². The molecule has 0 saturated carbocycles. The van der Waals surface area contributed by atoms with Gasteiger partial charge in [-0.2, -0.15) is 0 Å². The van der Waals surface area contributed by atoms with Gasteiger partial charge in [0.05, 0.1) is 0 Å². The van der Waals surface area contributed by atoms with Gasteiger partial charge in [0.2, 0.25) is 0 Å². The Morgan fingerprint density at radius 3 is 2.26 bits per heavy atom. The van der Waals surface area contributed by atoms with Crippen LogP contribution in [0, 0.1) is 0 Å². The van der Waals surface area contributed by atoms with Crippen molar-refractivity contribution >= 4 is 6.03 Å². The molecule has 0 radical (unpaired) electrons. The van der Waals surface area contributed by atoms with Gasteiger partial charge in [-0.05, 0) is 40.8 Å². The number of rotatable bonds is 7. The third kappa shape index (κ3) is 7.19. The van der Waals surface area contributed by atoms with Gasteiger partial charge >= 0.3 is 6.03 Å². The van der Waals surface area contributed by atoms with Crippen LogP contribution in [-0.2, 0) is 12.0 Å². The number of aliphatic hydroxyl groups is 1. The summed E-state index contributed by atoms with van der Waals surface area (Å²) in [6.45, 7) is 6.94. The van der Waals surface area contributed by atoms with Gasteiger partial charge < -0.3 is 25.6 Å². The van der Waals surface area contributed by atoms with E-state index in [1.807, 2.05) is 24.3 Å². The van der Waals surface area contributed by atoms with Crippen LogP contribution >= 0.6 is 0 Å². The van der Waals surface area contributed by atoms with Crippen LogP contribution in [0.25, 0.3) is 0 Å². The van der Waals surface area contributed by atoms with Crippen LogP contribution in [0.5, 0.6) is 11.5 Å². The molecule has 0 aliphatic rings. The molecule has 0 aromatic heterocycles. The summed E-state index contributed by atoms with van der Waals surface area (Å²) < 4.78 is 5.56. The number of phenols is 1. The molecular formula is C21H28N2O4. The van der Waals surface area contributed by atoms with Gasteiger partial charge in [-0.25, -0.2) is 4.79 Å². The van der Waals surface area contributed by atoms with Crippen LogP contribution in [0.4, 0.5) is 4.79 Å². The maximum absolute atomic E-state index is 11.8. The molecule has 0 unspecified atom stereocenters. The zero-order chi connectivity index (χ0) is 19.9. The van der Waals surface area contributed by atoms with Gasteiger partial charge in [0.25, 0.3) is 0 Å². The molecule has 0 spiro atoms. The third-order valence-electron chi connectivity index (χ3n) is 4.05. The first-order valence-electron chi connectivity index (χ1n) is 8.95. The van der Waals surface area contributed by atoms with Crippen molar-refractivity contribution in [3.05, 3.63) is 59.7 Å². The molecule has 0 aliphatic heterocycles. The fourth-order valence-corrected chi connectivity index (χ4v) is 2.37. The molecule has 2 rings (SSSR count). The molecule has 1 atom stereocenters. The number of carbonyl (C=O) groups excluding carboxylic acids is 1. The molecule has 0 heterocycles. The van der Waals surface area contributed by atoms with Gasteiger partial charge in [0.15, 0.2) is 0 Å². The zero-order valence-electron chi connectivity index (χ0n) is 16.0. The lowest BCUT2D eigenvalue weighted by atomic mass is 9.87. The van der Waals surface area contributed by atoms with Crippen LogP contribution in [0.1, 0.15) is 31.9 Å². The molecule has 6 nitrogen and oxygen atoms in total. The van der Waals surface area contributed by atoms with E-state index < -0.39 is 6.10 Å². The standard InChI is InChI=1S/C21H28N2O4/c1-21(2,3)16-6-10-19(11-7-16)27-14-18(25)13-23-20(26)22-12-15-4-8-17(24)9-5-15/h4-11,18,24-25H,12-14H2,1-3H3,(H2,22,23,26)/t18-/m1/s1. The molecule has 0 aliphatic carbocycles. The van der Waals surface area contributed by atoms with Gasteiger partial charge in [0.1, 0.15) is 24.2 Å². The number of benzene rings is 2. The molecule has 2 aromatic carbocycles. The van der Waals surface area contributed by atoms with E-state index in [-0.39, 0.29) is 30.3 Å². The average molecular weight is 372 g/mol. The Labute approximate surface area is 160 Å². The van der Waals surface area contributed by atoms with Crippen molar-refractivity contribution in [1.82, 2.24) is 10.6 Å². The van der Waals surface area contributed by atoms with Crippen molar-refractivity contribution < 1.29 is 19.7 Å². The van der Waals surface area contributed by atoms with Crippen molar-refractivity contribution in [2.45, 2.75) is 38.8 Å². The summed E-state index contributed by atoms with van der Waals surface area (Å²) in [7, 11) is 0. The average Bonchev–Trinajstić information content (AvgIpc) is 2.64. The van der Waals surface area contributed by atoms with Crippen LogP contribution in [0.3, 0.4) is 0 Å². The minimum atomic E-state index is -0.813. The number of ether oxygens (including phenoxy) is 1. The van der Waals surface area contributed by atoms with E-state index in [1.54, 1.807) is 24.3 Å². The number of hydrogen-bond donors (Lipinski definition) is 4. The number of phenolic OH excluding ortho intramolecular Hbond substituents is 1. The van der Waals surface area contributed by atoms with Crippen LogP contribution in [0.15, 0.2) is 48.5 Å². The van der Waals surface area contributed by atoms with Gasteiger partial charge in [-0.15, -0.1) is 0 Å². The van der Waals surface area contributed by atoms with E-state index in [1.165, 1.54) is 5.56 Å². The Kier molecular flexibility index (Phi) is 7.07. The van der Waals surface area contributed by atoms with Crippen LogP contribution < -0.4 is 15.4 Å². The second-order valence-electron chi connectivity index (χ2n) is 7.47. The first kappa shape index (κ1) is 20.6. The van der Waals surface area contributed by atoms with Gasteiger partial charge in [0, 0.05) is 13.1 Å². The number of amides is 2. The smallest absolute Gasteiger partial charge is 0.315 e. The van der Waals surface area contributed by atoms with Crippen LogP contribution in [-0.4, -0.2) is 35.5 Å².